The predicted molar refractivity (Wildman–Crippen MR) is 115 cm³/mol. The molecule has 3 heterocycles. The van der Waals surface area contributed by atoms with Crippen molar-refractivity contribution in [2.75, 3.05) is 26.7 Å². The molecule has 1 aliphatic rings. The molecule has 1 fully saturated rings. The highest BCUT2D eigenvalue weighted by Crippen LogP contribution is 2.33. The standard InChI is InChI=1S/C22H23ClF2N4O3/c1-12(30)28-5-6-32-15(11-28)10-18-21(27-19-9-14(23)3-4-29(18)19)20-16(24)7-13(8-17(20)25)22(31)26-2/h3-4,7-9,15,22,26,31H,5-6,10-11H2,1-2H3/t15-,22?/m0/s1. The summed E-state index contributed by atoms with van der Waals surface area (Å²) in [5.41, 5.74) is 0.849. The summed E-state index contributed by atoms with van der Waals surface area (Å²) in [6.45, 7) is 2.74. The van der Waals surface area contributed by atoms with E-state index in [1.165, 1.54) is 14.0 Å². The Balaban J connectivity index is 1.81. The maximum atomic E-state index is 15.1. The van der Waals surface area contributed by atoms with E-state index in [1.807, 2.05) is 0 Å². The Kier molecular flexibility index (Phi) is 6.43. The number of fused-ring (bicyclic) bond motifs is 1. The van der Waals surface area contributed by atoms with Crippen molar-refractivity contribution in [3.63, 3.8) is 0 Å². The summed E-state index contributed by atoms with van der Waals surface area (Å²) in [4.78, 5) is 17.9. The maximum Gasteiger partial charge on any atom is 0.219 e. The van der Waals surface area contributed by atoms with E-state index in [1.54, 1.807) is 27.6 Å². The van der Waals surface area contributed by atoms with Crippen LogP contribution in [0.25, 0.3) is 16.9 Å². The molecule has 1 unspecified atom stereocenters. The zero-order valence-electron chi connectivity index (χ0n) is 17.6. The first-order chi connectivity index (χ1) is 15.3. The van der Waals surface area contributed by atoms with Gasteiger partial charge in [-0.15, -0.1) is 0 Å². The highest BCUT2D eigenvalue weighted by atomic mass is 35.5. The summed E-state index contributed by atoms with van der Waals surface area (Å²) in [6.07, 6.45) is 0.394. The molecular weight excluding hydrogens is 442 g/mol. The number of aromatic nitrogens is 2. The van der Waals surface area contributed by atoms with Crippen LogP contribution in [0.15, 0.2) is 30.5 Å². The molecule has 10 heteroatoms. The van der Waals surface area contributed by atoms with Crippen LogP contribution in [0.3, 0.4) is 0 Å². The van der Waals surface area contributed by atoms with Crippen LogP contribution >= 0.6 is 11.6 Å². The molecular formula is C22H23ClF2N4O3. The van der Waals surface area contributed by atoms with Gasteiger partial charge in [-0.25, -0.2) is 13.8 Å². The fraction of sp³-hybridized carbons (Fsp3) is 0.364. The van der Waals surface area contributed by atoms with Gasteiger partial charge in [0, 0.05) is 49.3 Å². The van der Waals surface area contributed by atoms with Crippen molar-refractivity contribution >= 4 is 23.2 Å². The lowest BCUT2D eigenvalue weighted by atomic mass is 10.0. The van der Waals surface area contributed by atoms with Gasteiger partial charge in [0.05, 0.1) is 29.7 Å². The molecule has 2 atom stereocenters. The van der Waals surface area contributed by atoms with Gasteiger partial charge in [0.15, 0.2) is 0 Å². The molecule has 0 spiro atoms. The first-order valence-electron chi connectivity index (χ1n) is 10.2. The fourth-order valence-electron chi connectivity index (χ4n) is 3.95. The van der Waals surface area contributed by atoms with E-state index in [4.69, 9.17) is 16.3 Å². The van der Waals surface area contributed by atoms with E-state index in [0.29, 0.717) is 36.1 Å². The van der Waals surface area contributed by atoms with Crippen molar-refractivity contribution in [1.29, 1.82) is 0 Å². The van der Waals surface area contributed by atoms with Crippen LogP contribution in [-0.2, 0) is 16.0 Å². The first kappa shape index (κ1) is 22.6. The molecule has 32 heavy (non-hydrogen) atoms. The average molecular weight is 465 g/mol. The van der Waals surface area contributed by atoms with Gasteiger partial charge in [-0.2, -0.15) is 0 Å². The fourth-order valence-corrected chi connectivity index (χ4v) is 4.11. The van der Waals surface area contributed by atoms with E-state index >= 15 is 8.78 Å². The number of pyridine rings is 1. The molecule has 2 N–H and O–H groups in total. The summed E-state index contributed by atoms with van der Waals surface area (Å²) >= 11 is 6.10. The Labute approximate surface area is 188 Å². The third kappa shape index (κ3) is 4.33. The first-order valence-corrected chi connectivity index (χ1v) is 10.5. The summed E-state index contributed by atoms with van der Waals surface area (Å²) < 4.78 is 37.7. The number of aliphatic hydroxyl groups excluding tert-OH is 1. The highest BCUT2D eigenvalue weighted by Gasteiger charge is 2.28. The van der Waals surface area contributed by atoms with Crippen LogP contribution in [-0.4, -0.2) is 58.1 Å². The topological polar surface area (TPSA) is 79.1 Å². The Hall–Kier alpha value is -2.59. The number of rotatable bonds is 5. The number of amides is 1. The minimum atomic E-state index is -1.21. The number of ether oxygens (including phenoxy) is 1. The number of hydrogen-bond donors (Lipinski definition) is 2. The van der Waals surface area contributed by atoms with Crippen LogP contribution < -0.4 is 5.32 Å². The number of halogens is 3. The summed E-state index contributed by atoms with van der Waals surface area (Å²) in [5, 5.41) is 12.9. The van der Waals surface area contributed by atoms with Crippen molar-refractivity contribution in [2.45, 2.75) is 25.7 Å². The van der Waals surface area contributed by atoms with Crippen LogP contribution in [0, 0.1) is 11.6 Å². The molecule has 3 aromatic rings. The number of hydrogen-bond acceptors (Lipinski definition) is 5. The van der Waals surface area contributed by atoms with Crippen molar-refractivity contribution in [1.82, 2.24) is 19.6 Å². The lowest BCUT2D eigenvalue weighted by molar-refractivity contribution is -0.136. The summed E-state index contributed by atoms with van der Waals surface area (Å²) in [5.74, 6) is -1.75. The normalized spacial score (nSPS) is 17.7. The Bertz CT molecular complexity index is 1150. The number of benzene rings is 1. The number of nitrogens with one attached hydrogen (secondary N) is 1. The number of imidazole rings is 1. The van der Waals surface area contributed by atoms with Crippen LogP contribution in [0.2, 0.25) is 5.02 Å². The van der Waals surface area contributed by atoms with E-state index in [0.717, 1.165) is 12.1 Å². The maximum absolute atomic E-state index is 15.1. The average Bonchev–Trinajstić information content (AvgIpc) is 3.09. The van der Waals surface area contributed by atoms with Gasteiger partial charge in [0.1, 0.15) is 23.5 Å². The third-order valence-electron chi connectivity index (χ3n) is 5.58. The van der Waals surface area contributed by atoms with Crippen LogP contribution in [0.4, 0.5) is 8.78 Å². The highest BCUT2D eigenvalue weighted by molar-refractivity contribution is 6.30. The third-order valence-corrected chi connectivity index (χ3v) is 5.82. The number of carbonyl (C=O) groups excluding carboxylic acids is 1. The van der Waals surface area contributed by atoms with Gasteiger partial charge in [-0.05, 0) is 25.2 Å². The molecule has 0 saturated carbocycles. The monoisotopic (exact) mass is 464 g/mol. The smallest absolute Gasteiger partial charge is 0.219 e. The van der Waals surface area contributed by atoms with Gasteiger partial charge >= 0.3 is 0 Å². The Morgan fingerprint density at radius 2 is 2.09 bits per heavy atom. The second kappa shape index (κ2) is 9.11. The molecule has 0 bridgehead atoms. The van der Waals surface area contributed by atoms with Gasteiger partial charge in [0.2, 0.25) is 5.91 Å². The van der Waals surface area contributed by atoms with Crippen LogP contribution in [0.5, 0.6) is 0 Å². The SMILES string of the molecule is CNC(O)c1cc(F)c(-c2nc3cc(Cl)ccn3c2C[C@H]2CN(C(C)=O)CCO2)c(F)c1. The number of aliphatic hydroxyl groups is 1. The van der Waals surface area contributed by atoms with Gasteiger partial charge in [0.25, 0.3) is 0 Å². The Morgan fingerprint density at radius 1 is 1.38 bits per heavy atom. The van der Waals surface area contributed by atoms with E-state index in [-0.39, 0.29) is 35.3 Å². The van der Waals surface area contributed by atoms with E-state index < -0.39 is 17.9 Å². The lowest BCUT2D eigenvalue weighted by Crippen LogP contribution is -2.45. The second-order valence-corrected chi connectivity index (χ2v) is 8.13. The molecule has 1 amide bonds. The molecule has 1 aliphatic heterocycles. The summed E-state index contributed by atoms with van der Waals surface area (Å²) in [6, 6.07) is 5.42. The largest absolute Gasteiger partial charge is 0.374 e. The molecule has 4 rings (SSSR count). The molecule has 2 aromatic heterocycles. The lowest BCUT2D eigenvalue weighted by Gasteiger charge is -2.32. The number of nitrogens with zero attached hydrogens (tertiary/aromatic N) is 3. The molecule has 0 radical (unpaired) electrons. The van der Waals surface area contributed by atoms with Crippen molar-refractivity contribution in [2.24, 2.45) is 0 Å². The van der Waals surface area contributed by atoms with Crippen molar-refractivity contribution in [3.05, 3.63) is 58.4 Å². The predicted octanol–water partition coefficient (Wildman–Crippen LogP) is 2.93. The van der Waals surface area contributed by atoms with Gasteiger partial charge < -0.3 is 19.1 Å². The van der Waals surface area contributed by atoms with Crippen molar-refractivity contribution < 1.29 is 23.4 Å². The van der Waals surface area contributed by atoms with Gasteiger partial charge in [-0.3, -0.25) is 10.1 Å². The second-order valence-electron chi connectivity index (χ2n) is 7.69. The quantitative estimate of drug-likeness (QED) is 0.568. The van der Waals surface area contributed by atoms with Crippen molar-refractivity contribution in [3.8, 4) is 11.3 Å². The van der Waals surface area contributed by atoms with E-state index in [9.17, 15) is 9.90 Å². The molecule has 1 saturated heterocycles. The number of carbonyl (C=O) groups is 1. The van der Waals surface area contributed by atoms with Gasteiger partial charge in [-0.1, -0.05) is 11.6 Å². The number of morpholine rings is 1. The zero-order chi connectivity index (χ0) is 23.0. The zero-order valence-corrected chi connectivity index (χ0v) is 18.4. The minimum Gasteiger partial charge on any atom is -0.374 e. The molecule has 7 nitrogen and oxygen atoms in total. The summed E-state index contributed by atoms with van der Waals surface area (Å²) in [7, 11) is 1.48. The Morgan fingerprint density at radius 3 is 2.75 bits per heavy atom. The molecule has 1 aromatic carbocycles. The molecule has 0 aliphatic carbocycles. The van der Waals surface area contributed by atoms with Crippen LogP contribution in [0.1, 0.15) is 24.4 Å². The molecule has 170 valence electrons. The minimum absolute atomic E-state index is 0.0563. The van der Waals surface area contributed by atoms with E-state index in [2.05, 4.69) is 10.3 Å².